The van der Waals surface area contributed by atoms with Gasteiger partial charge in [-0.15, -0.1) is 0 Å². The van der Waals surface area contributed by atoms with Crippen molar-refractivity contribution in [1.82, 2.24) is 10.3 Å². The number of halogens is 1. The molecule has 4 heteroatoms. The molecule has 2 rings (SSSR count). The van der Waals surface area contributed by atoms with Gasteiger partial charge in [0.25, 0.3) is 0 Å². The van der Waals surface area contributed by atoms with Gasteiger partial charge in [-0.3, -0.25) is 4.99 Å². The average molecular weight is 179 g/mol. The molecule has 0 fully saturated rings. The molecule has 0 bridgehead atoms. The van der Waals surface area contributed by atoms with E-state index in [1.165, 1.54) is 12.3 Å². The smallest absolute Gasteiger partial charge is 0.147 e. The molecule has 13 heavy (non-hydrogen) atoms. The molecule has 2 heterocycles. The first kappa shape index (κ1) is 8.16. The van der Waals surface area contributed by atoms with Gasteiger partial charge < -0.3 is 5.32 Å². The van der Waals surface area contributed by atoms with Crippen LogP contribution in [-0.2, 0) is 0 Å². The molecule has 68 valence electrons. The van der Waals surface area contributed by atoms with Gasteiger partial charge in [0.1, 0.15) is 17.3 Å². The van der Waals surface area contributed by atoms with Gasteiger partial charge in [0, 0.05) is 6.04 Å². The predicted octanol–water partition coefficient (Wildman–Crippen LogP) is 0.959. The third kappa shape index (κ3) is 1.66. The fraction of sp³-hybridized carbons (Fsp3) is 0.333. The Morgan fingerprint density at radius 1 is 1.54 bits per heavy atom. The van der Waals surface area contributed by atoms with Crippen molar-refractivity contribution in [2.45, 2.75) is 13.0 Å². The van der Waals surface area contributed by atoms with Crippen molar-refractivity contribution in [2.24, 2.45) is 4.99 Å². The molecule has 3 nitrogen and oxygen atoms in total. The highest BCUT2D eigenvalue weighted by Gasteiger charge is 2.14. The number of rotatable bonds is 1. The highest BCUT2D eigenvalue weighted by atomic mass is 19.1. The zero-order chi connectivity index (χ0) is 9.26. The summed E-state index contributed by atoms with van der Waals surface area (Å²) < 4.78 is 12.5. The Balaban J connectivity index is 2.22. The lowest BCUT2D eigenvalue weighted by Crippen LogP contribution is -2.28. The molecule has 1 unspecified atom stereocenters. The van der Waals surface area contributed by atoms with Crippen molar-refractivity contribution in [2.75, 3.05) is 6.54 Å². The molecule has 0 saturated carbocycles. The van der Waals surface area contributed by atoms with Gasteiger partial charge >= 0.3 is 0 Å². The summed E-state index contributed by atoms with van der Waals surface area (Å²) in [7, 11) is 0. The van der Waals surface area contributed by atoms with Crippen LogP contribution >= 0.6 is 0 Å². The van der Waals surface area contributed by atoms with Crippen LogP contribution in [0.1, 0.15) is 12.6 Å². The summed E-state index contributed by atoms with van der Waals surface area (Å²) >= 11 is 0. The molecular weight excluding hydrogens is 169 g/mol. The molecule has 1 N–H and O–H groups in total. The van der Waals surface area contributed by atoms with Crippen LogP contribution < -0.4 is 5.32 Å². The van der Waals surface area contributed by atoms with Gasteiger partial charge in [0.05, 0.1) is 12.7 Å². The molecular formula is C9H10FN3. The van der Waals surface area contributed by atoms with E-state index < -0.39 is 0 Å². The molecule has 1 aliphatic rings. The largest absolute Gasteiger partial charge is 0.364 e. The summed E-state index contributed by atoms with van der Waals surface area (Å²) in [5, 5.41) is 3.15. The highest BCUT2D eigenvalue weighted by molar-refractivity contribution is 5.98. The lowest BCUT2D eigenvalue weighted by Gasteiger charge is -2.04. The van der Waals surface area contributed by atoms with E-state index in [4.69, 9.17) is 0 Å². The third-order valence-electron chi connectivity index (χ3n) is 1.88. The zero-order valence-electron chi connectivity index (χ0n) is 7.29. The van der Waals surface area contributed by atoms with Crippen molar-refractivity contribution in [3.05, 3.63) is 29.8 Å². The number of aromatic nitrogens is 1. The lowest BCUT2D eigenvalue weighted by molar-refractivity contribution is 0.621. The second-order valence-corrected chi connectivity index (χ2v) is 3.10. The van der Waals surface area contributed by atoms with Gasteiger partial charge in [-0.2, -0.15) is 0 Å². The molecule has 0 spiro atoms. The van der Waals surface area contributed by atoms with Crippen molar-refractivity contribution in [3.63, 3.8) is 0 Å². The Morgan fingerprint density at radius 2 is 2.38 bits per heavy atom. The maximum absolute atomic E-state index is 12.5. The Kier molecular flexibility index (Phi) is 1.96. The van der Waals surface area contributed by atoms with Crippen LogP contribution in [0.2, 0.25) is 0 Å². The Morgan fingerprint density at radius 3 is 2.92 bits per heavy atom. The van der Waals surface area contributed by atoms with Crippen LogP contribution in [0.4, 0.5) is 4.39 Å². The molecule has 0 amide bonds. The molecule has 1 aromatic rings. The van der Waals surface area contributed by atoms with E-state index in [-0.39, 0.29) is 5.82 Å². The minimum Gasteiger partial charge on any atom is -0.364 e. The normalized spacial score (nSPS) is 21.1. The minimum atomic E-state index is -0.324. The Bertz CT molecular complexity index is 331. The second kappa shape index (κ2) is 3.12. The topological polar surface area (TPSA) is 37.3 Å². The molecule has 0 aliphatic carbocycles. The van der Waals surface area contributed by atoms with E-state index in [0.717, 1.165) is 12.4 Å². The number of hydrogen-bond donors (Lipinski definition) is 1. The van der Waals surface area contributed by atoms with Crippen LogP contribution in [0.25, 0.3) is 0 Å². The predicted molar refractivity (Wildman–Crippen MR) is 48.2 cm³/mol. The highest BCUT2D eigenvalue weighted by Crippen LogP contribution is 2.04. The molecule has 1 aliphatic heterocycles. The van der Waals surface area contributed by atoms with Gasteiger partial charge in [-0.1, -0.05) is 0 Å². The van der Waals surface area contributed by atoms with Crippen molar-refractivity contribution < 1.29 is 4.39 Å². The Labute approximate surface area is 75.7 Å². The van der Waals surface area contributed by atoms with E-state index in [1.54, 1.807) is 6.07 Å². The van der Waals surface area contributed by atoms with Gasteiger partial charge in [0.15, 0.2) is 0 Å². The van der Waals surface area contributed by atoms with Crippen LogP contribution in [0, 0.1) is 5.82 Å². The van der Waals surface area contributed by atoms with Gasteiger partial charge in [0.2, 0.25) is 0 Å². The Hall–Kier alpha value is -1.45. The number of pyridine rings is 1. The van der Waals surface area contributed by atoms with Crippen molar-refractivity contribution in [3.8, 4) is 0 Å². The monoisotopic (exact) mass is 179 g/mol. The summed E-state index contributed by atoms with van der Waals surface area (Å²) in [6.45, 7) is 2.80. The number of amidine groups is 1. The maximum atomic E-state index is 12.5. The van der Waals surface area contributed by atoms with Gasteiger partial charge in [-0.25, -0.2) is 9.37 Å². The van der Waals surface area contributed by atoms with E-state index >= 15 is 0 Å². The summed E-state index contributed by atoms with van der Waals surface area (Å²) in [4.78, 5) is 8.16. The molecule has 1 aromatic heterocycles. The molecule has 0 radical (unpaired) electrons. The minimum absolute atomic E-state index is 0.324. The quantitative estimate of drug-likeness (QED) is 0.697. The lowest BCUT2D eigenvalue weighted by atomic mass is 10.3. The SMILES string of the molecule is CC1CN=C(c2ccc(F)cn2)N1. The number of hydrogen-bond acceptors (Lipinski definition) is 3. The number of nitrogens with zero attached hydrogens (tertiary/aromatic N) is 2. The fourth-order valence-corrected chi connectivity index (χ4v) is 1.22. The van der Waals surface area contributed by atoms with E-state index in [1.807, 2.05) is 6.92 Å². The summed E-state index contributed by atoms with van der Waals surface area (Å²) in [5.41, 5.74) is 0.700. The van der Waals surface area contributed by atoms with Crippen LogP contribution in [-0.4, -0.2) is 23.4 Å². The standard InChI is InChI=1S/C9H10FN3/c1-6-4-12-9(13-6)8-3-2-7(10)5-11-8/h2-3,5-6H,4H2,1H3,(H,12,13). The fourth-order valence-electron chi connectivity index (χ4n) is 1.22. The van der Waals surface area contributed by atoms with E-state index in [2.05, 4.69) is 15.3 Å². The maximum Gasteiger partial charge on any atom is 0.147 e. The zero-order valence-corrected chi connectivity index (χ0v) is 7.29. The molecule has 0 aromatic carbocycles. The second-order valence-electron chi connectivity index (χ2n) is 3.10. The summed E-state index contributed by atoms with van der Waals surface area (Å²) in [6, 6.07) is 3.36. The first-order valence-corrected chi connectivity index (χ1v) is 4.18. The molecule has 0 saturated heterocycles. The summed E-state index contributed by atoms with van der Waals surface area (Å²) in [5.74, 6) is 0.433. The van der Waals surface area contributed by atoms with Crippen LogP contribution in [0.15, 0.2) is 23.3 Å². The summed E-state index contributed by atoms with van der Waals surface area (Å²) in [6.07, 6.45) is 1.20. The van der Waals surface area contributed by atoms with Crippen LogP contribution in [0.3, 0.4) is 0 Å². The van der Waals surface area contributed by atoms with E-state index in [0.29, 0.717) is 11.7 Å². The van der Waals surface area contributed by atoms with Crippen molar-refractivity contribution in [1.29, 1.82) is 0 Å². The van der Waals surface area contributed by atoms with E-state index in [9.17, 15) is 4.39 Å². The first-order valence-electron chi connectivity index (χ1n) is 4.18. The van der Waals surface area contributed by atoms with Gasteiger partial charge in [-0.05, 0) is 19.1 Å². The average Bonchev–Trinajstić information content (AvgIpc) is 2.53. The van der Waals surface area contributed by atoms with Crippen molar-refractivity contribution >= 4 is 5.84 Å². The van der Waals surface area contributed by atoms with Crippen LogP contribution in [0.5, 0.6) is 0 Å². The third-order valence-corrected chi connectivity index (χ3v) is 1.88. The first-order chi connectivity index (χ1) is 6.25. The number of aliphatic imine (C=N–C) groups is 1. The molecule has 1 atom stereocenters. The number of nitrogens with one attached hydrogen (secondary N) is 1.